The molecule has 0 fully saturated rings. The van der Waals surface area contributed by atoms with E-state index in [9.17, 15) is 0 Å². The third kappa shape index (κ3) is 2.23. The predicted octanol–water partition coefficient (Wildman–Crippen LogP) is 4.72. The molecule has 0 aliphatic heterocycles. The molecule has 0 bridgehead atoms. The lowest BCUT2D eigenvalue weighted by molar-refractivity contribution is 0.779. The maximum atomic E-state index is 6.57. The van der Waals surface area contributed by atoms with Gasteiger partial charge >= 0.3 is 0 Å². The van der Waals surface area contributed by atoms with Crippen molar-refractivity contribution in [2.75, 3.05) is 0 Å². The number of benzene rings is 2. The molecule has 0 atom stereocenters. The molecule has 20 heavy (non-hydrogen) atoms. The summed E-state index contributed by atoms with van der Waals surface area (Å²) in [6.45, 7) is 2.08. The highest BCUT2D eigenvalue weighted by Crippen LogP contribution is 2.35. The van der Waals surface area contributed by atoms with Gasteiger partial charge in [-0.15, -0.1) is 0 Å². The summed E-state index contributed by atoms with van der Waals surface area (Å²) in [5, 5.41) is 5.27. The minimum atomic E-state index is 0.698. The van der Waals surface area contributed by atoms with Gasteiger partial charge in [-0.1, -0.05) is 65.7 Å². The first-order valence-electron chi connectivity index (χ1n) is 6.52. The minimum Gasteiger partial charge on any atom is -0.266 e. The summed E-state index contributed by atoms with van der Waals surface area (Å²) in [5.74, 6) is 0. The van der Waals surface area contributed by atoms with Crippen molar-refractivity contribution in [1.82, 2.24) is 9.78 Å². The molecule has 0 unspecified atom stereocenters. The standard InChI is InChI=1S/C17H15ClN2/c1-12-7-6-10-14(11-12)17-15(18)16(19-20(17)2)13-8-4-3-5-9-13/h3-11H,1-2H3. The second-order valence-corrected chi connectivity index (χ2v) is 5.25. The van der Waals surface area contributed by atoms with Crippen molar-refractivity contribution in [3.63, 3.8) is 0 Å². The van der Waals surface area contributed by atoms with Crippen molar-refractivity contribution in [1.29, 1.82) is 0 Å². The summed E-state index contributed by atoms with van der Waals surface area (Å²) < 4.78 is 1.85. The third-order valence-electron chi connectivity index (χ3n) is 3.33. The number of hydrogen-bond acceptors (Lipinski definition) is 1. The van der Waals surface area contributed by atoms with Crippen molar-refractivity contribution >= 4 is 11.6 Å². The fourth-order valence-electron chi connectivity index (χ4n) is 2.38. The summed E-state index contributed by atoms with van der Waals surface area (Å²) in [6.07, 6.45) is 0. The van der Waals surface area contributed by atoms with Gasteiger partial charge in [0.05, 0.1) is 10.7 Å². The molecule has 1 heterocycles. The molecule has 2 nitrogen and oxygen atoms in total. The van der Waals surface area contributed by atoms with Crippen LogP contribution in [0.2, 0.25) is 5.02 Å². The number of nitrogens with zero attached hydrogens (tertiary/aromatic N) is 2. The summed E-state index contributed by atoms with van der Waals surface area (Å²) in [5.41, 5.74) is 5.11. The minimum absolute atomic E-state index is 0.698. The van der Waals surface area contributed by atoms with Crippen LogP contribution in [-0.4, -0.2) is 9.78 Å². The topological polar surface area (TPSA) is 17.8 Å². The molecule has 0 aliphatic rings. The molecule has 0 saturated carbocycles. The summed E-state index contributed by atoms with van der Waals surface area (Å²) >= 11 is 6.57. The Labute approximate surface area is 123 Å². The summed E-state index contributed by atoms with van der Waals surface area (Å²) in [7, 11) is 1.93. The Morgan fingerprint density at radius 1 is 0.950 bits per heavy atom. The van der Waals surface area contributed by atoms with Crippen LogP contribution in [0, 0.1) is 6.92 Å². The maximum absolute atomic E-state index is 6.57. The average Bonchev–Trinajstić information content (AvgIpc) is 2.75. The van der Waals surface area contributed by atoms with E-state index < -0.39 is 0 Å². The van der Waals surface area contributed by atoms with Gasteiger partial charge in [-0.05, 0) is 13.0 Å². The molecular weight excluding hydrogens is 268 g/mol. The lowest BCUT2D eigenvalue weighted by atomic mass is 10.1. The zero-order chi connectivity index (χ0) is 14.1. The van der Waals surface area contributed by atoms with Crippen LogP contribution in [0.25, 0.3) is 22.5 Å². The SMILES string of the molecule is Cc1cccc(-c2c(Cl)c(-c3ccccc3)nn2C)c1. The van der Waals surface area contributed by atoms with E-state index in [0.717, 1.165) is 22.5 Å². The molecule has 0 amide bonds. The average molecular weight is 283 g/mol. The number of rotatable bonds is 2. The van der Waals surface area contributed by atoms with Gasteiger partial charge in [-0.3, -0.25) is 4.68 Å². The first-order chi connectivity index (χ1) is 9.66. The van der Waals surface area contributed by atoms with Crippen LogP contribution >= 0.6 is 11.6 Å². The second kappa shape index (κ2) is 5.14. The largest absolute Gasteiger partial charge is 0.266 e. The molecule has 0 radical (unpaired) electrons. The van der Waals surface area contributed by atoms with E-state index in [1.165, 1.54) is 5.56 Å². The summed E-state index contributed by atoms with van der Waals surface area (Å²) in [6, 6.07) is 18.3. The van der Waals surface area contributed by atoms with E-state index >= 15 is 0 Å². The highest BCUT2D eigenvalue weighted by Gasteiger charge is 2.17. The Kier molecular flexibility index (Phi) is 3.33. The molecule has 0 aliphatic carbocycles. The lowest BCUT2D eigenvalue weighted by Crippen LogP contribution is -1.94. The highest BCUT2D eigenvalue weighted by molar-refractivity contribution is 6.35. The van der Waals surface area contributed by atoms with Crippen LogP contribution in [0.5, 0.6) is 0 Å². The van der Waals surface area contributed by atoms with Crippen LogP contribution in [0.4, 0.5) is 0 Å². The van der Waals surface area contributed by atoms with E-state index in [1.807, 2.05) is 48.1 Å². The van der Waals surface area contributed by atoms with E-state index in [0.29, 0.717) is 5.02 Å². The van der Waals surface area contributed by atoms with Gasteiger partial charge in [0, 0.05) is 18.2 Å². The smallest absolute Gasteiger partial charge is 0.112 e. The van der Waals surface area contributed by atoms with E-state index in [1.54, 1.807) is 0 Å². The molecule has 3 aromatic rings. The first kappa shape index (κ1) is 12.9. The van der Waals surface area contributed by atoms with Gasteiger partial charge in [0.15, 0.2) is 0 Å². The fraction of sp³-hybridized carbons (Fsp3) is 0.118. The van der Waals surface area contributed by atoms with Gasteiger partial charge in [-0.2, -0.15) is 5.10 Å². The molecular formula is C17H15ClN2. The van der Waals surface area contributed by atoms with Crippen molar-refractivity contribution in [3.05, 3.63) is 65.2 Å². The molecule has 0 spiro atoms. The van der Waals surface area contributed by atoms with Gasteiger partial charge in [0.1, 0.15) is 5.69 Å². The number of aryl methyl sites for hydroxylation is 2. The molecule has 2 aromatic carbocycles. The summed E-state index contributed by atoms with van der Waals surface area (Å²) in [4.78, 5) is 0. The fourth-order valence-corrected chi connectivity index (χ4v) is 2.76. The molecule has 1 aromatic heterocycles. The van der Waals surface area contributed by atoms with Crippen molar-refractivity contribution in [2.24, 2.45) is 7.05 Å². The Morgan fingerprint density at radius 2 is 1.65 bits per heavy atom. The van der Waals surface area contributed by atoms with Gasteiger partial charge < -0.3 is 0 Å². The van der Waals surface area contributed by atoms with Gasteiger partial charge in [0.25, 0.3) is 0 Å². The normalized spacial score (nSPS) is 10.8. The number of aromatic nitrogens is 2. The Morgan fingerprint density at radius 3 is 2.35 bits per heavy atom. The van der Waals surface area contributed by atoms with Crippen molar-refractivity contribution < 1.29 is 0 Å². The van der Waals surface area contributed by atoms with Crippen molar-refractivity contribution in [2.45, 2.75) is 6.92 Å². The molecule has 0 N–H and O–H groups in total. The predicted molar refractivity (Wildman–Crippen MR) is 83.8 cm³/mol. The first-order valence-corrected chi connectivity index (χ1v) is 6.89. The Hall–Kier alpha value is -2.06. The van der Waals surface area contributed by atoms with Crippen LogP contribution in [-0.2, 0) is 7.05 Å². The van der Waals surface area contributed by atoms with Crippen LogP contribution in [0.3, 0.4) is 0 Å². The van der Waals surface area contributed by atoms with Gasteiger partial charge in [-0.25, -0.2) is 0 Å². The van der Waals surface area contributed by atoms with E-state index in [2.05, 4.69) is 30.2 Å². The van der Waals surface area contributed by atoms with Crippen molar-refractivity contribution in [3.8, 4) is 22.5 Å². The Bertz CT molecular complexity index is 745. The zero-order valence-corrected chi connectivity index (χ0v) is 12.2. The van der Waals surface area contributed by atoms with E-state index in [-0.39, 0.29) is 0 Å². The van der Waals surface area contributed by atoms with Crippen LogP contribution in [0.1, 0.15) is 5.56 Å². The van der Waals surface area contributed by atoms with Gasteiger partial charge in [0.2, 0.25) is 0 Å². The number of hydrogen-bond donors (Lipinski definition) is 0. The maximum Gasteiger partial charge on any atom is 0.112 e. The zero-order valence-electron chi connectivity index (χ0n) is 11.5. The number of halogens is 1. The molecule has 0 saturated heterocycles. The highest BCUT2D eigenvalue weighted by atomic mass is 35.5. The molecule has 3 rings (SSSR count). The Balaban J connectivity index is 2.17. The van der Waals surface area contributed by atoms with Crippen LogP contribution < -0.4 is 0 Å². The second-order valence-electron chi connectivity index (χ2n) is 4.87. The third-order valence-corrected chi connectivity index (χ3v) is 3.69. The lowest BCUT2D eigenvalue weighted by Gasteiger charge is -2.03. The monoisotopic (exact) mass is 282 g/mol. The van der Waals surface area contributed by atoms with E-state index in [4.69, 9.17) is 11.6 Å². The molecule has 100 valence electrons. The molecule has 3 heteroatoms. The quantitative estimate of drug-likeness (QED) is 0.665. The van der Waals surface area contributed by atoms with Crippen LogP contribution in [0.15, 0.2) is 54.6 Å².